The maximum Gasteiger partial charge on any atom is 0.338 e. The molecule has 0 saturated carbocycles. The number of hydrogen-bond donors (Lipinski definition) is 1. The van der Waals surface area contributed by atoms with E-state index in [9.17, 15) is 4.79 Å². The number of rotatable bonds is 3. The van der Waals surface area contributed by atoms with E-state index in [0.717, 1.165) is 5.56 Å². The highest BCUT2D eigenvalue weighted by molar-refractivity contribution is 5.89. The van der Waals surface area contributed by atoms with Crippen LogP contribution in [0.3, 0.4) is 0 Å². The Kier molecular flexibility index (Phi) is 3.48. The molecule has 2 N–H and O–H groups in total. The first-order valence-corrected chi connectivity index (χ1v) is 4.81. The Hall–Kier alpha value is -1.35. The molecule has 0 aliphatic rings. The van der Waals surface area contributed by atoms with Gasteiger partial charge in [-0.2, -0.15) is 0 Å². The fraction of sp³-hybridized carbons (Fsp3) is 0.333. The van der Waals surface area contributed by atoms with Crippen LogP contribution in [0.4, 0.5) is 0 Å². The van der Waals surface area contributed by atoms with Gasteiger partial charge in [-0.05, 0) is 38.5 Å². The molecule has 0 heterocycles. The molecule has 3 heteroatoms. The van der Waals surface area contributed by atoms with Gasteiger partial charge in [0, 0.05) is 5.54 Å². The van der Waals surface area contributed by atoms with Crippen LogP contribution in [0.5, 0.6) is 0 Å². The lowest BCUT2D eigenvalue weighted by molar-refractivity contribution is 0.0547. The Morgan fingerprint density at radius 1 is 1.40 bits per heavy atom. The van der Waals surface area contributed by atoms with Gasteiger partial charge < -0.3 is 10.5 Å². The zero-order valence-corrected chi connectivity index (χ0v) is 9.12. The monoisotopic (exact) mass is 206 g/mol. The van der Waals surface area contributed by atoms with Gasteiger partial charge in [0.25, 0.3) is 0 Å². The average molecular weight is 206 g/mol. The van der Waals surface area contributed by atoms with Crippen molar-refractivity contribution >= 4 is 5.97 Å². The quantitative estimate of drug-likeness (QED) is 0.768. The van der Waals surface area contributed by atoms with Crippen LogP contribution in [0.15, 0.2) is 24.3 Å². The lowest BCUT2D eigenvalue weighted by atomic mass is 9.95. The van der Waals surface area contributed by atoms with Gasteiger partial charge >= 0.3 is 5.97 Å². The highest BCUT2D eigenvalue weighted by Crippen LogP contribution is 2.17. The molecule has 0 atom stereocenters. The molecule has 1 rings (SSSR count). The Morgan fingerprint density at radius 3 is 2.33 bits per heavy atom. The van der Waals surface area contributed by atoms with Gasteiger partial charge in [-0.1, -0.05) is 12.1 Å². The van der Waals surface area contributed by atoms with Crippen molar-refractivity contribution in [2.45, 2.75) is 19.4 Å². The number of hydrogen-bond acceptors (Lipinski definition) is 3. The Bertz CT molecular complexity index is 336. The Balaban J connectivity index is 2.86. The second-order valence-electron chi connectivity index (χ2n) is 3.93. The summed E-state index contributed by atoms with van der Waals surface area (Å²) in [6, 6.07) is 7.09. The first-order chi connectivity index (χ1) is 6.95. The summed E-state index contributed by atoms with van der Waals surface area (Å²) in [5.41, 5.74) is 7.02. The van der Waals surface area contributed by atoms with Gasteiger partial charge in [-0.3, -0.25) is 0 Å². The first kappa shape index (κ1) is 11.7. The smallest absolute Gasteiger partial charge is 0.338 e. The van der Waals surface area contributed by atoms with E-state index in [1.54, 1.807) is 12.1 Å². The van der Waals surface area contributed by atoms with Crippen LogP contribution >= 0.6 is 0 Å². The zero-order valence-electron chi connectivity index (χ0n) is 9.12. The first-order valence-electron chi connectivity index (χ1n) is 4.81. The van der Waals surface area contributed by atoms with Crippen LogP contribution in [0.1, 0.15) is 29.8 Å². The standard InChI is InChI=1S/C12H16NO2/c1-4-15-11(14)9-5-7-10(8-6-9)12(2,3)13/h5-8H,1,4,13H2,2-3H3. The molecule has 0 aliphatic heterocycles. The summed E-state index contributed by atoms with van der Waals surface area (Å²) in [4.78, 5) is 11.3. The summed E-state index contributed by atoms with van der Waals surface area (Å²) >= 11 is 0. The molecule has 0 amide bonds. The van der Waals surface area contributed by atoms with Crippen LogP contribution in [0, 0.1) is 6.92 Å². The van der Waals surface area contributed by atoms with E-state index in [1.807, 2.05) is 26.0 Å². The van der Waals surface area contributed by atoms with E-state index in [2.05, 4.69) is 6.92 Å². The van der Waals surface area contributed by atoms with E-state index in [4.69, 9.17) is 10.5 Å². The minimum absolute atomic E-state index is 0.142. The number of carbonyl (C=O) groups excluding carboxylic acids is 1. The van der Waals surface area contributed by atoms with Crippen LogP contribution < -0.4 is 5.73 Å². The molecule has 81 valence electrons. The van der Waals surface area contributed by atoms with Gasteiger partial charge in [0.2, 0.25) is 0 Å². The van der Waals surface area contributed by atoms with E-state index in [1.165, 1.54) is 0 Å². The fourth-order valence-corrected chi connectivity index (χ4v) is 1.21. The summed E-state index contributed by atoms with van der Waals surface area (Å²) in [7, 11) is 0. The predicted molar refractivity (Wildman–Crippen MR) is 59.3 cm³/mol. The third kappa shape index (κ3) is 3.06. The summed E-state index contributed by atoms with van der Waals surface area (Å²) in [6.07, 6.45) is 0. The molecule has 0 spiro atoms. The molecular weight excluding hydrogens is 190 g/mol. The molecule has 0 bridgehead atoms. The van der Waals surface area contributed by atoms with Gasteiger partial charge in [-0.25, -0.2) is 4.79 Å². The lowest BCUT2D eigenvalue weighted by Gasteiger charge is -2.19. The van der Waals surface area contributed by atoms with Gasteiger partial charge in [0.05, 0.1) is 12.2 Å². The van der Waals surface area contributed by atoms with Gasteiger partial charge in [0.15, 0.2) is 0 Å². The van der Waals surface area contributed by atoms with E-state index >= 15 is 0 Å². The van der Waals surface area contributed by atoms with Crippen molar-refractivity contribution in [3.05, 3.63) is 42.3 Å². The molecule has 1 aromatic carbocycles. The summed E-state index contributed by atoms with van der Waals surface area (Å²) in [5.74, 6) is -0.355. The van der Waals surface area contributed by atoms with Gasteiger partial charge in [0.1, 0.15) is 0 Å². The number of carbonyl (C=O) groups is 1. The minimum atomic E-state index is -0.394. The molecule has 0 fully saturated rings. The number of nitrogens with two attached hydrogens (primary N) is 1. The number of ether oxygens (including phenoxy) is 1. The third-order valence-electron chi connectivity index (χ3n) is 2.10. The molecule has 0 saturated heterocycles. The van der Waals surface area contributed by atoms with E-state index < -0.39 is 5.54 Å². The third-order valence-corrected chi connectivity index (χ3v) is 2.10. The number of esters is 1. The summed E-state index contributed by atoms with van der Waals surface area (Å²) in [6.45, 7) is 7.41. The Morgan fingerprint density at radius 2 is 1.93 bits per heavy atom. The zero-order chi connectivity index (χ0) is 11.5. The maximum absolute atomic E-state index is 11.3. The maximum atomic E-state index is 11.3. The van der Waals surface area contributed by atoms with Crippen molar-refractivity contribution in [2.75, 3.05) is 6.61 Å². The highest BCUT2D eigenvalue weighted by atomic mass is 16.5. The van der Waals surface area contributed by atoms with Crippen molar-refractivity contribution in [3.63, 3.8) is 0 Å². The van der Waals surface area contributed by atoms with Crippen molar-refractivity contribution in [3.8, 4) is 0 Å². The fourth-order valence-electron chi connectivity index (χ4n) is 1.21. The van der Waals surface area contributed by atoms with Gasteiger partial charge in [-0.15, -0.1) is 0 Å². The second kappa shape index (κ2) is 4.45. The molecule has 0 aromatic heterocycles. The minimum Gasteiger partial charge on any atom is -0.462 e. The molecule has 0 unspecified atom stereocenters. The molecule has 3 nitrogen and oxygen atoms in total. The van der Waals surface area contributed by atoms with Crippen molar-refractivity contribution in [2.24, 2.45) is 5.73 Å². The van der Waals surface area contributed by atoms with E-state index in [0.29, 0.717) is 5.56 Å². The largest absolute Gasteiger partial charge is 0.462 e. The number of benzene rings is 1. The lowest BCUT2D eigenvalue weighted by Crippen LogP contribution is -2.28. The van der Waals surface area contributed by atoms with Crippen molar-refractivity contribution in [1.82, 2.24) is 0 Å². The molecule has 0 aliphatic carbocycles. The summed E-state index contributed by atoms with van der Waals surface area (Å²) in [5, 5.41) is 0. The Labute approximate surface area is 90.2 Å². The average Bonchev–Trinajstić information content (AvgIpc) is 2.17. The molecular formula is C12H16NO2. The SMILES string of the molecule is [CH2]COC(=O)c1ccc(C(C)(C)N)cc1. The highest BCUT2D eigenvalue weighted by Gasteiger charge is 2.14. The molecule has 15 heavy (non-hydrogen) atoms. The normalized spacial score (nSPS) is 11.2. The van der Waals surface area contributed by atoms with Crippen LogP contribution in [-0.2, 0) is 10.3 Å². The summed E-state index contributed by atoms with van der Waals surface area (Å²) < 4.78 is 4.77. The van der Waals surface area contributed by atoms with Crippen LogP contribution in [-0.4, -0.2) is 12.6 Å². The topological polar surface area (TPSA) is 52.3 Å². The van der Waals surface area contributed by atoms with Crippen LogP contribution in [0.2, 0.25) is 0 Å². The van der Waals surface area contributed by atoms with Crippen LogP contribution in [0.25, 0.3) is 0 Å². The van der Waals surface area contributed by atoms with Crippen molar-refractivity contribution in [1.29, 1.82) is 0 Å². The molecule has 1 radical (unpaired) electrons. The second-order valence-corrected chi connectivity index (χ2v) is 3.93. The van der Waals surface area contributed by atoms with E-state index in [-0.39, 0.29) is 12.6 Å². The van der Waals surface area contributed by atoms with Crippen molar-refractivity contribution < 1.29 is 9.53 Å². The predicted octanol–water partition coefficient (Wildman–Crippen LogP) is 1.87. The molecule has 1 aromatic rings.